The van der Waals surface area contributed by atoms with Gasteiger partial charge in [-0.05, 0) is 37.4 Å². The predicted molar refractivity (Wildman–Crippen MR) is 88.8 cm³/mol. The standard InChI is InChI=1S/C17H29N3/c1-5-15-10-11-20(13-14(2)12-18-15)17-9-7-6-8-16(17)19(3)4/h6-9,14-15,18H,5,10-13H2,1-4H3. The highest BCUT2D eigenvalue weighted by molar-refractivity contribution is 5.70. The molecule has 1 fully saturated rings. The molecule has 1 aromatic carbocycles. The SMILES string of the molecule is CCC1CCN(c2ccccc2N(C)C)CC(C)CN1. The Morgan fingerprint density at radius 1 is 1.30 bits per heavy atom. The molecule has 3 heteroatoms. The van der Waals surface area contributed by atoms with Crippen LogP contribution in [-0.4, -0.2) is 39.8 Å². The first kappa shape index (κ1) is 15.2. The molecule has 0 aromatic heterocycles. The van der Waals surface area contributed by atoms with Crippen LogP contribution in [0, 0.1) is 5.92 Å². The molecule has 112 valence electrons. The number of nitrogens with zero attached hydrogens (tertiary/aromatic N) is 2. The van der Waals surface area contributed by atoms with Gasteiger partial charge in [0, 0.05) is 33.2 Å². The second-order valence-electron chi connectivity index (χ2n) is 6.24. The van der Waals surface area contributed by atoms with Crippen molar-refractivity contribution in [3.63, 3.8) is 0 Å². The zero-order valence-electron chi connectivity index (χ0n) is 13.4. The quantitative estimate of drug-likeness (QED) is 0.915. The Hall–Kier alpha value is -1.22. The molecule has 0 aliphatic carbocycles. The van der Waals surface area contributed by atoms with E-state index in [0.717, 1.165) is 19.6 Å². The first-order valence-electron chi connectivity index (χ1n) is 7.86. The van der Waals surface area contributed by atoms with E-state index in [-0.39, 0.29) is 0 Å². The lowest BCUT2D eigenvalue weighted by Crippen LogP contribution is -2.43. The lowest BCUT2D eigenvalue weighted by molar-refractivity contribution is 0.388. The van der Waals surface area contributed by atoms with E-state index in [1.165, 1.54) is 24.2 Å². The molecule has 1 heterocycles. The summed E-state index contributed by atoms with van der Waals surface area (Å²) in [6.45, 7) is 8.02. The Kier molecular flexibility index (Phi) is 5.30. The van der Waals surface area contributed by atoms with Gasteiger partial charge in [0.05, 0.1) is 11.4 Å². The Bertz CT molecular complexity index is 416. The zero-order valence-corrected chi connectivity index (χ0v) is 13.4. The van der Waals surface area contributed by atoms with Gasteiger partial charge in [-0.3, -0.25) is 0 Å². The summed E-state index contributed by atoms with van der Waals surface area (Å²) in [6.07, 6.45) is 2.45. The largest absolute Gasteiger partial charge is 0.376 e. The fraction of sp³-hybridized carbons (Fsp3) is 0.647. The molecule has 0 amide bonds. The van der Waals surface area contributed by atoms with Crippen LogP contribution in [0.1, 0.15) is 26.7 Å². The monoisotopic (exact) mass is 275 g/mol. The molecule has 1 aliphatic rings. The van der Waals surface area contributed by atoms with Crippen LogP contribution in [0.2, 0.25) is 0 Å². The van der Waals surface area contributed by atoms with Crippen LogP contribution in [0.4, 0.5) is 11.4 Å². The molecule has 1 N–H and O–H groups in total. The van der Waals surface area contributed by atoms with E-state index in [1.807, 2.05) is 0 Å². The number of rotatable bonds is 3. The summed E-state index contributed by atoms with van der Waals surface area (Å²) < 4.78 is 0. The first-order valence-corrected chi connectivity index (χ1v) is 7.86. The maximum atomic E-state index is 3.69. The van der Waals surface area contributed by atoms with Gasteiger partial charge in [0.1, 0.15) is 0 Å². The number of para-hydroxylation sites is 2. The molecular weight excluding hydrogens is 246 g/mol. The molecule has 0 spiro atoms. The van der Waals surface area contributed by atoms with Crippen LogP contribution < -0.4 is 15.1 Å². The van der Waals surface area contributed by atoms with Gasteiger partial charge in [-0.2, -0.15) is 0 Å². The highest BCUT2D eigenvalue weighted by Crippen LogP contribution is 2.29. The van der Waals surface area contributed by atoms with Gasteiger partial charge in [-0.25, -0.2) is 0 Å². The maximum Gasteiger partial charge on any atom is 0.0604 e. The van der Waals surface area contributed by atoms with E-state index in [9.17, 15) is 0 Å². The summed E-state index contributed by atoms with van der Waals surface area (Å²) in [7, 11) is 4.26. The van der Waals surface area contributed by atoms with Gasteiger partial charge in [0.15, 0.2) is 0 Å². The second-order valence-corrected chi connectivity index (χ2v) is 6.24. The van der Waals surface area contributed by atoms with Crippen molar-refractivity contribution in [1.82, 2.24) is 5.32 Å². The van der Waals surface area contributed by atoms with E-state index in [2.05, 4.69) is 67.3 Å². The van der Waals surface area contributed by atoms with E-state index in [1.54, 1.807) is 0 Å². The molecule has 1 aliphatic heterocycles. The smallest absolute Gasteiger partial charge is 0.0604 e. The Labute approximate surface area is 124 Å². The van der Waals surface area contributed by atoms with Crippen molar-refractivity contribution < 1.29 is 0 Å². The van der Waals surface area contributed by atoms with Gasteiger partial charge in [0.2, 0.25) is 0 Å². The van der Waals surface area contributed by atoms with E-state index in [0.29, 0.717) is 12.0 Å². The number of hydrogen-bond acceptors (Lipinski definition) is 3. The fourth-order valence-corrected chi connectivity index (χ4v) is 2.99. The van der Waals surface area contributed by atoms with Crippen molar-refractivity contribution in [2.75, 3.05) is 43.5 Å². The van der Waals surface area contributed by atoms with E-state index < -0.39 is 0 Å². The molecule has 0 saturated carbocycles. The molecule has 20 heavy (non-hydrogen) atoms. The normalized spacial score (nSPS) is 24.1. The predicted octanol–water partition coefficient (Wildman–Crippen LogP) is 2.97. The second kappa shape index (κ2) is 6.98. The highest BCUT2D eigenvalue weighted by Gasteiger charge is 2.20. The van der Waals surface area contributed by atoms with Crippen molar-refractivity contribution >= 4 is 11.4 Å². The lowest BCUT2D eigenvalue weighted by atomic mass is 10.0. The summed E-state index contributed by atoms with van der Waals surface area (Å²) in [5.74, 6) is 0.680. The van der Waals surface area contributed by atoms with Crippen LogP contribution in [0.25, 0.3) is 0 Å². The Balaban J connectivity index is 2.21. The summed E-state index contributed by atoms with van der Waals surface area (Å²) >= 11 is 0. The van der Waals surface area contributed by atoms with E-state index in [4.69, 9.17) is 0 Å². The summed E-state index contributed by atoms with van der Waals surface area (Å²) in [5, 5.41) is 3.69. The van der Waals surface area contributed by atoms with E-state index >= 15 is 0 Å². The van der Waals surface area contributed by atoms with Gasteiger partial charge < -0.3 is 15.1 Å². The topological polar surface area (TPSA) is 18.5 Å². The van der Waals surface area contributed by atoms with Crippen molar-refractivity contribution in [2.45, 2.75) is 32.7 Å². The van der Waals surface area contributed by atoms with Crippen LogP contribution in [0.3, 0.4) is 0 Å². The molecule has 3 nitrogen and oxygen atoms in total. The molecule has 0 radical (unpaired) electrons. The summed E-state index contributed by atoms with van der Waals surface area (Å²) in [4.78, 5) is 4.79. The molecule has 2 unspecified atom stereocenters. The van der Waals surface area contributed by atoms with Crippen molar-refractivity contribution in [2.24, 2.45) is 5.92 Å². The highest BCUT2D eigenvalue weighted by atomic mass is 15.2. The minimum atomic E-state index is 0.659. The summed E-state index contributed by atoms with van der Waals surface area (Å²) in [5.41, 5.74) is 2.70. The van der Waals surface area contributed by atoms with Crippen LogP contribution in [0.5, 0.6) is 0 Å². The molecule has 2 rings (SSSR count). The van der Waals surface area contributed by atoms with Gasteiger partial charge in [0.25, 0.3) is 0 Å². The van der Waals surface area contributed by atoms with Gasteiger partial charge in [-0.15, -0.1) is 0 Å². The average Bonchev–Trinajstić information content (AvgIpc) is 2.43. The fourth-order valence-electron chi connectivity index (χ4n) is 2.99. The average molecular weight is 275 g/mol. The summed E-state index contributed by atoms with van der Waals surface area (Å²) in [6, 6.07) is 9.42. The zero-order chi connectivity index (χ0) is 14.5. The molecule has 0 bridgehead atoms. The molecular formula is C17H29N3. The van der Waals surface area contributed by atoms with Crippen LogP contribution in [0.15, 0.2) is 24.3 Å². The minimum absolute atomic E-state index is 0.659. The first-order chi connectivity index (χ1) is 9.61. The van der Waals surface area contributed by atoms with Crippen LogP contribution >= 0.6 is 0 Å². The third-order valence-corrected chi connectivity index (χ3v) is 4.23. The van der Waals surface area contributed by atoms with Crippen molar-refractivity contribution in [3.8, 4) is 0 Å². The molecule has 2 atom stereocenters. The number of hydrogen-bond donors (Lipinski definition) is 1. The number of anilines is 2. The number of nitrogens with one attached hydrogen (secondary N) is 1. The number of benzene rings is 1. The van der Waals surface area contributed by atoms with Gasteiger partial charge >= 0.3 is 0 Å². The Morgan fingerprint density at radius 3 is 2.75 bits per heavy atom. The maximum absolute atomic E-state index is 3.69. The lowest BCUT2D eigenvalue weighted by Gasteiger charge is -2.35. The van der Waals surface area contributed by atoms with Gasteiger partial charge in [-0.1, -0.05) is 26.0 Å². The third kappa shape index (κ3) is 3.66. The molecule has 1 aromatic rings. The third-order valence-electron chi connectivity index (χ3n) is 4.23. The minimum Gasteiger partial charge on any atom is -0.376 e. The van der Waals surface area contributed by atoms with Crippen molar-refractivity contribution in [3.05, 3.63) is 24.3 Å². The van der Waals surface area contributed by atoms with Crippen molar-refractivity contribution in [1.29, 1.82) is 0 Å². The van der Waals surface area contributed by atoms with Crippen LogP contribution in [-0.2, 0) is 0 Å². The molecule has 1 saturated heterocycles. The Morgan fingerprint density at radius 2 is 2.05 bits per heavy atom.